The van der Waals surface area contributed by atoms with Crippen molar-refractivity contribution in [3.63, 3.8) is 0 Å². The summed E-state index contributed by atoms with van der Waals surface area (Å²) < 4.78 is 2.37. The molecule has 0 aliphatic rings. The minimum atomic E-state index is 1.02. The lowest BCUT2D eigenvalue weighted by atomic mass is 10.1. The average molecular weight is 259 g/mol. The van der Waals surface area contributed by atoms with E-state index in [4.69, 9.17) is 0 Å². The van der Waals surface area contributed by atoms with E-state index in [2.05, 4.69) is 66.3 Å². The molecule has 1 aromatic heterocycles. The van der Waals surface area contributed by atoms with Gasteiger partial charge in [0.05, 0.1) is 5.52 Å². The van der Waals surface area contributed by atoms with Crippen molar-refractivity contribution < 1.29 is 0 Å². The number of hydrogen-bond acceptors (Lipinski definition) is 2. The Labute approximate surface area is 116 Å². The third kappa shape index (κ3) is 3.58. The molecule has 0 bridgehead atoms. The van der Waals surface area contributed by atoms with Gasteiger partial charge in [-0.2, -0.15) is 0 Å². The minimum Gasteiger partial charge on any atom is -0.346 e. The van der Waals surface area contributed by atoms with Crippen LogP contribution in [0.15, 0.2) is 30.5 Å². The molecule has 104 valence electrons. The van der Waals surface area contributed by atoms with Gasteiger partial charge in [-0.05, 0) is 37.5 Å². The van der Waals surface area contributed by atoms with Crippen molar-refractivity contribution in [3.8, 4) is 0 Å². The first-order valence-corrected chi connectivity index (χ1v) is 7.14. The molecular formula is C16H25N3. The second-order valence-corrected chi connectivity index (χ2v) is 5.27. The molecule has 2 aromatic rings. The van der Waals surface area contributed by atoms with E-state index in [1.54, 1.807) is 0 Å². The highest BCUT2D eigenvalue weighted by Gasteiger charge is 2.04. The van der Waals surface area contributed by atoms with Gasteiger partial charge in [0.2, 0.25) is 0 Å². The molecule has 1 N–H and O–H groups in total. The second kappa shape index (κ2) is 6.73. The minimum absolute atomic E-state index is 1.02. The van der Waals surface area contributed by atoms with E-state index in [-0.39, 0.29) is 0 Å². The number of nitrogens with zero attached hydrogens (tertiary/aromatic N) is 2. The van der Waals surface area contributed by atoms with Crippen molar-refractivity contribution in [1.82, 2.24) is 14.8 Å². The van der Waals surface area contributed by atoms with E-state index in [9.17, 15) is 0 Å². The Bertz CT molecular complexity index is 514. The fourth-order valence-electron chi connectivity index (χ4n) is 2.44. The van der Waals surface area contributed by atoms with E-state index in [0.717, 1.165) is 32.6 Å². The van der Waals surface area contributed by atoms with Gasteiger partial charge in [-0.25, -0.2) is 0 Å². The van der Waals surface area contributed by atoms with Crippen molar-refractivity contribution in [1.29, 1.82) is 0 Å². The van der Waals surface area contributed by atoms with Crippen molar-refractivity contribution in [3.05, 3.63) is 36.0 Å². The summed E-state index contributed by atoms with van der Waals surface area (Å²) in [5.74, 6) is 0. The molecule has 1 aromatic carbocycles. The zero-order chi connectivity index (χ0) is 13.7. The zero-order valence-corrected chi connectivity index (χ0v) is 12.3. The molecule has 0 aliphatic carbocycles. The summed E-state index contributed by atoms with van der Waals surface area (Å²) in [6, 6.07) is 8.80. The molecule has 0 atom stereocenters. The number of benzene rings is 1. The van der Waals surface area contributed by atoms with Crippen molar-refractivity contribution in [2.45, 2.75) is 19.9 Å². The molecule has 0 saturated heterocycles. The van der Waals surface area contributed by atoms with Gasteiger partial charge in [-0.15, -0.1) is 0 Å². The van der Waals surface area contributed by atoms with Gasteiger partial charge in [0, 0.05) is 32.4 Å². The molecule has 0 amide bonds. The Morgan fingerprint density at radius 2 is 2.00 bits per heavy atom. The average Bonchev–Trinajstić information content (AvgIpc) is 2.81. The number of hydrogen-bond donors (Lipinski definition) is 1. The van der Waals surface area contributed by atoms with Crippen LogP contribution in [0.1, 0.15) is 12.5 Å². The van der Waals surface area contributed by atoms with Crippen LogP contribution in [0.3, 0.4) is 0 Å². The summed E-state index contributed by atoms with van der Waals surface area (Å²) in [5, 5.41) is 4.85. The fourth-order valence-corrected chi connectivity index (χ4v) is 2.44. The molecule has 2 rings (SSSR count). The van der Waals surface area contributed by atoms with E-state index >= 15 is 0 Å². The maximum atomic E-state index is 3.49. The summed E-state index contributed by atoms with van der Waals surface area (Å²) in [5.41, 5.74) is 2.84. The van der Waals surface area contributed by atoms with Gasteiger partial charge in [0.1, 0.15) is 0 Å². The fraction of sp³-hybridized carbons (Fsp3) is 0.500. The van der Waals surface area contributed by atoms with Gasteiger partial charge in [0.15, 0.2) is 0 Å². The van der Waals surface area contributed by atoms with E-state index in [1.165, 1.54) is 16.5 Å². The Balaban J connectivity index is 1.97. The van der Waals surface area contributed by atoms with Crippen LogP contribution >= 0.6 is 0 Å². The Morgan fingerprint density at radius 1 is 1.16 bits per heavy atom. The lowest BCUT2D eigenvalue weighted by molar-refractivity contribution is 0.398. The first-order chi connectivity index (χ1) is 9.22. The maximum Gasteiger partial charge on any atom is 0.0513 e. The van der Waals surface area contributed by atoms with Crippen LogP contribution < -0.4 is 5.32 Å². The highest BCUT2D eigenvalue weighted by Crippen LogP contribution is 2.20. The number of fused-ring (bicyclic) bond motifs is 1. The molecule has 19 heavy (non-hydrogen) atoms. The quantitative estimate of drug-likeness (QED) is 0.770. The molecule has 3 heteroatoms. The molecule has 0 spiro atoms. The number of rotatable bonds is 7. The van der Waals surface area contributed by atoms with Gasteiger partial charge in [-0.1, -0.05) is 25.1 Å². The lowest BCUT2D eigenvalue weighted by Crippen LogP contribution is -2.28. The van der Waals surface area contributed by atoms with Crippen molar-refractivity contribution in [2.24, 2.45) is 0 Å². The number of aromatic nitrogens is 1. The second-order valence-electron chi connectivity index (χ2n) is 5.27. The number of aryl methyl sites for hydroxylation is 1. The van der Waals surface area contributed by atoms with Crippen LogP contribution in [0.25, 0.3) is 10.9 Å². The van der Waals surface area contributed by atoms with Crippen LogP contribution in [-0.2, 0) is 13.0 Å². The maximum absolute atomic E-state index is 3.49. The topological polar surface area (TPSA) is 20.2 Å². The SMILES string of the molecule is CCc1cccc2ccn(CCNCCN(C)C)c12. The first kappa shape index (κ1) is 14.1. The van der Waals surface area contributed by atoms with Crippen molar-refractivity contribution in [2.75, 3.05) is 33.7 Å². The highest BCUT2D eigenvalue weighted by atomic mass is 15.1. The van der Waals surface area contributed by atoms with Crippen LogP contribution in [0.2, 0.25) is 0 Å². The third-order valence-corrected chi connectivity index (χ3v) is 3.52. The number of likely N-dealkylation sites (N-methyl/N-ethyl adjacent to an activating group) is 1. The molecule has 0 radical (unpaired) electrons. The van der Waals surface area contributed by atoms with E-state index < -0.39 is 0 Å². The Hall–Kier alpha value is -1.32. The Kier molecular flexibility index (Phi) is 5.00. The van der Waals surface area contributed by atoms with Gasteiger partial charge in [-0.3, -0.25) is 0 Å². The van der Waals surface area contributed by atoms with Crippen LogP contribution in [0.5, 0.6) is 0 Å². The zero-order valence-electron chi connectivity index (χ0n) is 12.3. The summed E-state index contributed by atoms with van der Waals surface area (Å²) in [6.07, 6.45) is 3.30. The first-order valence-electron chi connectivity index (χ1n) is 7.14. The molecule has 0 saturated carbocycles. The predicted octanol–water partition coefficient (Wildman–Crippen LogP) is 2.35. The molecule has 3 nitrogen and oxygen atoms in total. The van der Waals surface area contributed by atoms with Gasteiger partial charge >= 0.3 is 0 Å². The third-order valence-electron chi connectivity index (χ3n) is 3.52. The highest BCUT2D eigenvalue weighted by molar-refractivity contribution is 5.83. The molecular weight excluding hydrogens is 234 g/mol. The smallest absolute Gasteiger partial charge is 0.0513 e. The molecule has 0 aliphatic heterocycles. The number of para-hydroxylation sites is 1. The summed E-state index contributed by atoms with van der Waals surface area (Å²) in [4.78, 5) is 2.20. The lowest BCUT2D eigenvalue weighted by Gasteiger charge is -2.12. The predicted molar refractivity (Wildman–Crippen MR) is 82.7 cm³/mol. The number of nitrogens with one attached hydrogen (secondary N) is 1. The van der Waals surface area contributed by atoms with Gasteiger partial charge in [0.25, 0.3) is 0 Å². The monoisotopic (exact) mass is 259 g/mol. The van der Waals surface area contributed by atoms with E-state index in [1.807, 2.05) is 0 Å². The van der Waals surface area contributed by atoms with Crippen LogP contribution in [-0.4, -0.2) is 43.2 Å². The van der Waals surface area contributed by atoms with E-state index in [0.29, 0.717) is 0 Å². The van der Waals surface area contributed by atoms with Crippen LogP contribution in [0, 0.1) is 0 Å². The normalized spacial score (nSPS) is 11.6. The summed E-state index contributed by atoms with van der Waals surface area (Å²) >= 11 is 0. The molecule has 0 fully saturated rings. The largest absolute Gasteiger partial charge is 0.346 e. The molecule has 0 unspecified atom stereocenters. The summed E-state index contributed by atoms with van der Waals surface area (Å²) in [6.45, 7) is 6.42. The summed E-state index contributed by atoms with van der Waals surface area (Å²) in [7, 11) is 4.21. The standard InChI is InChI=1S/C16H25N3/c1-4-14-6-5-7-15-8-11-19(16(14)15)13-10-17-9-12-18(2)3/h5-8,11,17H,4,9-10,12-13H2,1-3H3. The van der Waals surface area contributed by atoms with Crippen LogP contribution in [0.4, 0.5) is 0 Å². The molecule has 1 heterocycles. The van der Waals surface area contributed by atoms with Crippen molar-refractivity contribution >= 4 is 10.9 Å². The Morgan fingerprint density at radius 3 is 2.74 bits per heavy atom. The van der Waals surface area contributed by atoms with Gasteiger partial charge < -0.3 is 14.8 Å².